The minimum absolute atomic E-state index is 0.345. The molecule has 0 heterocycles. The number of hydrogen-bond acceptors (Lipinski definition) is 2. The molecule has 0 aromatic carbocycles. The lowest BCUT2D eigenvalue weighted by Gasteiger charge is -2.30. The molecule has 0 spiro atoms. The first-order valence-electron chi connectivity index (χ1n) is 3.41. The van der Waals surface area contributed by atoms with Crippen LogP contribution in [0.2, 0.25) is 0 Å². The Bertz CT molecular complexity index is 157. The summed E-state index contributed by atoms with van der Waals surface area (Å²) in [6.07, 6.45) is 1.27. The molecule has 2 nitrogen and oxygen atoms in total. The smallest absolute Gasteiger partial charge is 0.330 e. The standard InChI is InChI=1S/C6H10BrF2NO/c7-6(8,9)5(11,3-10)4-1-2-4/h4,11H,1-3,10H2. The maximum atomic E-state index is 12.6. The highest BCUT2D eigenvalue weighted by atomic mass is 79.9. The molecule has 66 valence electrons. The zero-order chi connectivity index (χ0) is 8.70. The van der Waals surface area contributed by atoms with E-state index in [9.17, 15) is 13.9 Å². The summed E-state index contributed by atoms with van der Waals surface area (Å²) in [7, 11) is 0. The van der Waals surface area contributed by atoms with Crippen LogP contribution in [0, 0.1) is 5.92 Å². The lowest BCUT2D eigenvalue weighted by Crippen LogP contribution is -2.52. The van der Waals surface area contributed by atoms with Crippen LogP contribution in [-0.4, -0.2) is 22.1 Å². The summed E-state index contributed by atoms with van der Waals surface area (Å²) < 4.78 is 25.3. The van der Waals surface area contributed by atoms with Crippen molar-refractivity contribution < 1.29 is 13.9 Å². The first-order valence-corrected chi connectivity index (χ1v) is 4.20. The monoisotopic (exact) mass is 229 g/mol. The van der Waals surface area contributed by atoms with Crippen molar-refractivity contribution in [3.63, 3.8) is 0 Å². The summed E-state index contributed by atoms with van der Waals surface area (Å²) in [4.78, 5) is -3.27. The Morgan fingerprint density at radius 1 is 1.55 bits per heavy atom. The second-order valence-electron chi connectivity index (χ2n) is 2.90. The lowest BCUT2D eigenvalue weighted by atomic mass is 9.99. The van der Waals surface area contributed by atoms with Gasteiger partial charge in [-0.05, 0) is 34.7 Å². The molecule has 1 atom stereocenters. The molecule has 0 radical (unpaired) electrons. The van der Waals surface area contributed by atoms with Crippen molar-refractivity contribution in [2.45, 2.75) is 23.3 Å². The molecule has 0 amide bonds. The minimum atomic E-state index is -3.27. The average Bonchev–Trinajstić information content (AvgIpc) is 2.64. The molecule has 1 aliphatic rings. The number of aliphatic hydroxyl groups is 1. The number of rotatable bonds is 3. The van der Waals surface area contributed by atoms with Gasteiger partial charge in [-0.2, -0.15) is 8.78 Å². The Balaban J connectivity index is 2.73. The fraction of sp³-hybridized carbons (Fsp3) is 1.00. The van der Waals surface area contributed by atoms with E-state index in [1.807, 2.05) is 0 Å². The largest absolute Gasteiger partial charge is 0.381 e. The third-order valence-electron chi connectivity index (χ3n) is 2.05. The van der Waals surface area contributed by atoms with Crippen LogP contribution in [0.25, 0.3) is 0 Å². The molecular formula is C6H10BrF2NO. The van der Waals surface area contributed by atoms with Gasteiger partial charge in [0.25, 0.3) is 0 Å². The average molecular weight is 230 g/mol. The molecule has 0 aliphatic heterocycles. The van der Waals surface area contributed by atoms with E-state index in [1.165, 1.54) is 0 Å². The zero-order valence-corrected chi connectivity index (χ0v) is 7.44. The Morgan fingerprint density at radius 2 is 2.00 bits per heavy atom. The van der Waals surface area contributed by atoms with Crippen molar-refractivity contribution in [1.82, 2.24) is 0 Å². The van der Waals surface area contributed by atoms with Gasteiger partial charge >= 0.3 is 4.83 Å². The number of nitrogens with two attached hydrogens (primary N) is 1. The summed E-state index contributed by atoms with van der Waals surface area (Å²) in [5, 5.41) is 9.37. The van der Waals surface area contributed by atoms with Crippen molar-refractivity contribution >= 4 is 15.9 Å². The van der Waals surface area contributed by atoms with Gasteiger partial charge in [0.15, 0.2) is 5.60 Å². The van der Waals surface area contributed by atoms with Crippen molar-refractivity contribution in [2.24, 2.45) is 11.7 Å². The molecule has 1 rings (SSSR count). The Morgan fingerprint density at radius 3 is 2.09 bits per heavy atom. The summed E-state index contributed by atoms with van der Waals surface area (Å²) in [5.74, 6) is -0.345. The highest BCUT2D eigenvalue weighted by Gasteiger charge is 2.58. The van der Waals surface area contributed by atoms with Crippen LogP contribution in [-0.2, 0) is 0 Å². The van der Waals surface area contributed by atoms with Crippen LogP contribution in [0.1, 0.15) is 12.8 Å². The van der Waals surface area contributed by atoms with Crippen LogP contribution >= 0.6 is 15.9 Å². The van der Waals surface area contributed by atoms with E-state index in [-0.39, 0.29) is 5.92 Å². The van der Waals surface area contributed by atoms with Crippen LogP contribution in [0.5, 0.6) is 0 Å². The third-order valence-corrected chi connectivity index (χ3v) is 2.74. The van der Waals surface area contributed by atoms with E-state index in [0.29, 0.717) is 12.8 Å². The molecule has 1 saturated carbocycles. The van der Waals surface area contributed by atoms with Crippen molar-refractivity contribution in [3.8, 4) is 0 Å². The predicted octanol–water partition coefficient (Wildman–Crippen LogP) is 1.07. The highest BCUT2D eigenvalue weighted by molar-refractivity contribution is 9.10. The van der Waals surface area contributed by atoms with Gasteiger partial charge in [-0.3, -0.25) is 0 Å². The molecule has 1 aliphatic carbocycles. The van der Waals surface area contributed by atoms with Crippen LogP contribution in [0.15, 0.2) is 0 Å². The van der Waals surface area contributed by atoms with Crippen molar-refractivity contribution in [2.75, 3.05) is 6.54 Å². The highest BCUT2D eigenvalue weighted by Crippen LogP contribution is 2.49. The SMILES string of the molecule is NCC(O)(C1CC1)C(F)(F)Br. The first-order chi connectivity index (χ1) is 4.92. The molecule has 11 heavy (non-hydrogen) atoms. The molecule has 1 fully saturated rings. The van der Waals surface area contributed by atoms with Gasteiger partial charge in [0, 0.05) is 6.54 Å². The van der Waals surface area contributed by atoms with Crippen molar-refractivity contribution in [3.05, 3.63) is 0 Å². The quantitative estimate of drug-likeness (QED) is 0.712. The second-order valence-corrected chi connectivity index (χ2v) is 3.90. The predicted molar refractivity (Wildman–Crippen MR) is 40.6 cm³/mol. The summed E-state index contributed by atoms with van der Waals surface area (Å²) in [5.41, 5.74) is 3.03. The topological polar surface area (TPSA) is 46.2 Å². The van der Waals surface area contributed by atoms with Crippen LogP contribution in [0.4, 0.5) is 8.78 Å². The summed E-state index contributed by atoms with van der Waals surface area (Å²) >= 11 is 2.14. The Labute approximate surface area is 71.9 Å². The lowest BCUT2D eigenvalue weighted by molar-refractivity contribution is -0.122. The number of alkyl halides is 3. The van der Waals surface area contributed by atoms with E-state index in [4.69, 9.17) is 5.73 Å². The molecule has 0 aromatic rings. The van der Waals surface area contributed by atoms with Crippen molar-refractivity contribution in [1.29, 1.82) is 0 Å². The van der Waals surface area contributed by atoms with E-state index in [2.05, 4.69) is 15.9 Å². The van der Waals surface area contributed by atoms with E-state index < -0.39 is 17.0 Å². The molecule has 0 bridgehead atoms. The van der Waals surface area contributed by atoms with Crippen LogP contribution < -0.4 is 5.73 Å². The molecule has 5 heteroatoms. The number of hydrogen-bond donors (Lipinski definition) is 2. The Hall–Kier alpha value is 0.260. The van der Waals surface area contributed by atoms with E-state index in [0.717, 1.165) is 0 Å². The Kier molecular flexibility index (Phi) is 2.24. The number of halogens is 3. The maximum Gasteiger partial charge on any atom is 0.330 e. The first kappa shape index (κ1) is 9.35. The molecule has 3 N–H and O–H groups in total. The minimum Gasteiger partial charge on any atom is -0.381 e. The normalized spacial score (nSPS) is 24.8. The zero-order valence-electron chi connectivity index (χ0n) is 5.86. The van der Waals surface area contributed by atoms with E-state index >= 15 is 0 Å². The van der Waals surface area contributed by atoms with Gasteiger partial charge in [-0.15, -0.1) is 0 Å². The second kappa shape index (κ2) is 2.64. The molecule has 0 saturated heterocycles. The fourth-order valence-corrected chi connectivity index (χ4v) is 1.56. The van der Waals surface area contributed by atoms with E-state index in [1.54, 1.807) is 0 Å². The van der Waals surface area contributed by atoms with Crippen LogP contribution in [0.3, 0.4) is 0 Å². The summed E-state index contributed by atoms with van der Waals surface area (Å²) in [6, 6.07) is 0. The fourth-order valence-electron chi connectivity index (χ4n) is 1.07. The van der Waals surface area contributed by atoms with Gasteiger partial charge in [0.05, 0.1) is 0 Å². The molecule has 0 aromatic heterocycles. The molecule has 1 unspecified atom stereocenters. The van der Waals surface area contributed by atoms with Gasteiger partial charge in [-0.25, -0.2) is 0 Å². The van der Waals surface area contributed by atoms with Gasteiger partial charge in [0.1, 0.15) is 0 Å². The maximum absolute atomic E-state index is 12.6. The third kappa shape index (κ3) is 1.55. The molecular weight excluding hydrogens is 220 g/mol. The summed E-state index contributed by atoms with van der Waals surface area (Å²) in [6.45, 7) is -0.407. The van der Waals surface area contributed by atoms with Gasteiger partial charge in [0.2, 0.25) is 0 Å². The van der Waals surface area contributed by atoms with Gasteiger partial charge in [-0.1, -0.05) is 0 Å². The van der Waals surface area contributed by atoms with Gasteiger partial charge < -0.3 is 10.8 Å².